The molecule has 0 unspecified atom stereocenters. The summed E-state index contributed by atoms with van der Waals surface area (Å²) in [6, 6.07) is 17.1. The van der Waals surface area contributed by atoms with Crippen molar-refractivity contribution < 1.29 is 4.79 Å². The third-order valence-corrected chi connectivity index (χ3v) is 5.99. The maximum atomic E-state index is 13.2. The van der Waals surface area contributed by atoms with E-state index in [1.807, 2.05) is 54.6 Å². The summed E-state index contributed by atoms with van der Waals surface area (Å²) in [7, 11) is 0. The molecule has 1 heterocycles. The first-order valence-corrected chi connectivity index (χ1v) is 11.7. The van der Waals surface area contributed by atoms with Gasteiger partial charge < -0.3 is 11.1 Å². The number of hydrogen-bond donors (Lipinski definition) is 2. The van der Waals surface area contributed by atoms with Crippen LogP contribution in [0.5, 0.6) is 0 Å². The molecule has 0 bridgehead atoms. The van der Waals surface area contributed by atoms with Crippen LogP contribution in [0.15, 0.2) is 64.2 Å². The number of nitrogens with one attached hydrogen (secondary N) is 1. The van der Waals surface area contributed by atoms with Crippen molar-refractivity contribution in [3.05, 3.63) is 92.1 Å². The van der Waals surface area contributed by atoms with E-state index in [9.17, 15) is 14.4 Å². The fourth-order valence-corrected chi connectivity index (χ4v) is 3.96. The number of carbonyl (C=O) groups is 1. The number of nitrogens with zero attached hydrogens (tertiary/aromatic N) is 3. The van der Waals surface area contributed by atoms with Gasteiger partial charge in [-0.1, -0.05) is 62.4 Å². The van der Waals surface area contributed by atoms with E-state index in [0.29, 0.717) is 0 Å². The molecule has 3 aromatic rings. The highest BCUT2D eigenvalue weighted by molar-refractivity contribution is 6.02. The molecular weight excluding hydrogens is 430 g/mol. The third-order valence-electron chi connectivity index (χ3n) is 5.99. The van der Waals surface area contributed by atoms with Gasteiger partial charge in [0.15, 0.2) is 5.78 Å². The maximum absolute atomic E-state index is 13.2. The van der Waals surface area contributed by atoms with Crippen molar-refractivity contribution in [3.8, 4) is 0 Å². The molecule has 0 saturated carbocycles. The molecule has 0 atom stereocenters. The van der Waals surface area contributed by atoms with Crippen LogP contribution < -0.4 is 22.3 Å². The zero-order valence-electron chi connectivity index (χ0n) is 20.1. The molecule has 3 N–H and O–H groups in total. The molecular formula is C26H33N5O3. The second kappa shape index (κ2) is 11.5. The highest BCUT2D eigenvalue weighted by atomic mass is 16.2. The van der Waals surface area contributed by atoms with Gasteiger partial charge in [0.1, 0.15) is 11.4 Å². The number of ketones is 1. The summed E-state index contributed by atoms with van der Waals surface area (Å²) in [5.74, 6) is -0.559. The molecule has 180 valence electrons. The molecule has 8 nitrogen and oxygen atoms in total. The topological polar surface area (TPSA) is 102 Å². The van der Waals surface area contributed by atoms with Crippen LogP contribution in [0.1, 0.15) is 42.3 Å². The van der Waals surface area contributed by atoms with Crippen molar-refractivity contribution in [3.63, 3.8) is 0 Å². The summed E-state index contributed by atoms with van der Waals surface area (Å²) in [4.78, 5) is 41.4. The molecule has 8 heteroatoms. The first-order valence-electron chi connectivity index (χ1n) is 11.7. The lowest BCUT2D eigenvalue weighted by Gasteiger charge is -2.20. The lowest BCUT2D eigenvalue weighted by atomic mass is 10.1. The van der Waals surface area contributed by atoms with Crippen LogP contribution in [0, 0.1) is 0 Å². The second-order valence-electron chi connectivity index (χ2n) is 8.06. The Morgan fingerprint density at radius 2 is 1.59 bits per heavy atom. The van der Waals surface area contributed by atoms with E-state index in [1.54, 1.807) is 6.92 Å². The van der Waals surface area contributed by atoms with Crippen molar-refractivity contribution >= 4 is 17.3 Å². The Bertz CT molecular complexity index is 1240. The number of Topliss-reactive ketones (excluding diaryl/α,β-unsaturated/α-hetero) is 1. The number of para-hydroxylation sites is 1. The van der Waals surface area contributed by atoms with Gasteiger partial charge in [0.2, 0.25) is 0 Å². The largest absolute Gasteiger partial charge is 0.384 e. The van der Waals surface area contributed by atoms with Crippen molar-refractivity contribution in [2.24, 2.45) is 0 Å². The summed E-state index contributed by atoms with van der Waals surface area (Å²) in [6.45, 7) is 8.70. The molecule has 3 rings (SSSR count). The van der Waals surface area contributed by atoms with Gasteiger partial charge in [-0.15, -0.1) is 0 Å². The van der Waals surface area contributed by atoms with Crippen LogP contribution in [0.3, 0.4) is 0 Å². The van der Waals surface area contributed by atoms with E-state index in [0.717, 1.165) is 41.0 Å². The second-order valence-corrected chi connectivity index (χ2v) is 8.06. The highest BCUT2D eigenvalue weighted by Gasteiger charge is 2.22. The van der Waals surface area contributed by atoms with Crippen molar-refractivity contribution in [1.29, 1.82) is 0 Å². The fourth-order valence-electron chi connectivity index (χ4n) is 3.96. The van der Waals surface area contributed by atoms with Crippen molar-refractivity contribution in [1.82, 2.24) is 14.0 Å². The Morgan fingerprint density at radius 1 is 0.941 bits per heavy atom. The molecule has 0 saturated heterocycles. The standard InChI is InChI=1S/C26H33N5O3/c1-4-29(5-2)18-20-14-10-11-15-21(20)28-16-22(32)23-24(27)31(17-19-12-8-7-9-13-19)26(34)30(6-3)25(23)33/h7-15,28H,4-6,16-18,27H2,1-3H3. The van der Waals surface area contributed by atoms with Gasteiger partial charge in [-0.25, -0.2) is 4.79 Å². The van der Waals surface area contributed by atoms with E-state index in [4.69, 9.17) is 5.73 Å². The van der Waals surface area contributed by atoms with Gasteiger partial charge >= 0.3 is 5.69 Å². The van der Waals surface area contributed by atoms with Gasteiger partial charge in [0.25, 0.3) is 5.56 Å². The fraction of sp³-hybridized carbons (Fsp3) is 0.346. The van der Waals surface area contributed by atoms with E-state index < -0.39 is 17.0 Å². The maximum Gasteiger partial charge on any atom is 0.332 e. The summed E-state index contributed by atoms with van der Waals surface area (Å²) >= 11 is 0. The van der Waals surface area contributed by atoms with Crippen molar-refractivity contribution in [2.45, 2.75) is 40.4 Å². The lowest BCUT2D eigenvalue weighted by Crippen LogP contribution is -2.44. The molecule has 0 amide bonds. The minimum atomic E-state index is -0.655. The zero-order valence-corrected chi connectivity index (χ0v) is 20.1. The molecule has 0 aliphatic heterocycles. The Labute approximate surface area is 199 Å². The summed E-state index contributed by atoms with van der Waals surface area (Å²) in [5, 5.41) is 3.17. The monoisotopic (exact) mass is 463 g/mol. The van der Waals surface area contributed by atoms with Crippen LogP contribution >= 0.6 is 0 Å². The Kier molecular flexibility index (Phi) is 8.43. The lowest BCUT2D eigenvalue weighted by molar-refractivity contribution is 0.100. The molecule has 0 fully saturated rings. The molecule has 34 heavy (non-hydrogen) atoms. The Hall–Kier alpha value is -3.65. The summed E-state index contributed by atoms with van der Waals surface area (Å²) in [5.41, 5.74) is 7.65. The van der Waals surface area contributed by atoms with Gasteiger partial charge in [-0.3, -0.25) is 23.6 Å². The number of aromatic nitrogens is 2. The van der Waals surface area contributed by atoms with Gasteiger partial charge in [-0.05, 0) is 37.2 Å². The van der Waals surface area contributed by atoms with E-state index in [1.165, 1.54) is 4.57 Å². The number of benzene rings is 2. The van der Waals surface area contributed by atoms with E-state index in [2.05, 4.69) is 24.1 Å². The van der Waals surface area contributed by atoms with E-state index in [-0.39, 0.29) is 31.0 Å². The first-order chi connectivity index (χ1) is 16.4. The van der Waals surface area contributed by atoms with Crippen molar-refractivity contribution in [2.75, 3.05) is 30.7 Å². The van der Waals surface area contributed by atoms with E-state index >= 15 is 0 Å². The van der Waals surface area contributed by atoms with Crippen LogP contribution in [0.2, 0.25) is 0 Å². The summed E-state index contributed by atoms with van der Waals surface area (Å²) < 4.78 is 2.35. The molecule has 2 aromatic carbocycles. The molecule has 1 aromatic heterocycles. The number of hydrogen-bond acceptors (Lipinski definition) is 6. The molecule has 0 spiro atoms. The average Bonchev–Trinajstić information content (AvgIpc) is 2.85. The van der Waals surface area contributed by atoms with Crippen LogP contribution in [0.4, 0.5) is 11.5 Å². The quantitative estimate of drug-likeness (QED) is 0.424. The van der Waals surface area contributed by atoms with Crippen LogP contribution in [-0.4, -0.2) is 39.5 Å². The zero-order chi connectivity index (χ0) is 24.7. The van der Waals surface area contributed by atoms with Gasteiger partial charge in [0.05, 0.1) is 13.1 Å². The van der Waals surface area contributed by atoms with Crippen LogP contribution in [0.25, 0.3) is 0 Å². The normalized spacial score (nSPS) is 11.1. The number of carbonyl (C=O) groups excluding carboxylic acids is 1. The first kappa shape index (κ1) is 25.0. The number of nitrogens with two attached hydrogens (primary N) is 1. The number of nitrogen functional groups attached to an aromatic ring is 1. The number of rotatable bonds is 11. The predicted octanol–water partition coefficient (Wildman–Crippen LogP) is 2.80. The SMILES string of the molecule is CCN(CC)Cc1ccccc1NCC(=O)c1c(N)n(Cc2ccccc2)c(=O)n(CC)c1=O. The number of anilines is 2. The Morgan fingerprint density at radius 3 is 2.24 bits per heavy atom. The van der Waals surface area contributed by atoms with Gasteiger partial charge in [0, 0.05) is 18.8 Å². The highest BCUT2D eigenvalue weighted by Crippen LogP contribution is 2.18. The summed E-state index contributed by atoms with van der Waals surface area (Å²) in [6.07, 6.45) is 0. The molecule has 0 aliphatic rings. The predicted molar refractivity (Wildman–Crippen MR) is 136 cm³/mol. The molecule has 0 radical (unpaired) electrons. The Balaban J connectivity index is 1.92. The average molecular weight is 464 g/mol. The van der Waals surface area contributed by atoms with Crippen LogP contribution in [-0.2, 0) is 19.6 Å². The smallest absolute Gasteiger partial charge is 0.332 e. The third kappa shape index (κ3) is 5.46. The minimum absolute atomic E-state index is 0.105. The van der Waals surface area contributed by atoms with Gasteiger partial charge in [-0.2, -0.15) is 0 Å². The minimum Gasteiger partial charge on any atom is -0.384 e. The molecule has 0 aliphatic carbocycles.